The van der Waals surface area contributed by atoms with E-state index in [4.69, 9.17) is 0 Å². The summed E-state index contributed by atoms with van der Waals surface area (Å²) in [5.41, 5.74) is 0.449. The molecule has 0 aromatic rings. The molecule has 4 heteroatoms. The second-order valence-corrected chi connectivity index (χ2v) is 2.32. The maximum Gasteiger partial charge on any atom is 0.405 e. The SMILES string of the molecule is C=C(CCC)NCC(F)(F)F. The summed E-state index contributed by atoms with van der Waals surface area (Å²) in [5, 5.41) is 2.20. The lowest BCUT2D eigenvalue weighted by atomic mass is 10.3. The van der Waals surface area contributed by atoms with Crippen LogP contribution in [0.3, 0.4) is 0 Å². The van der Waals surface area contributed by atoms with Crippen LogP contribution in [0.15, 0.2) is 12.3 Å². The van der Waals surface area contributed by atoms with Crippen molar-refractivity contribution >= 4 is 0 Å². The monoisotopic (exact) mass is 167 g/mol. The maximum atomic E-state index is 11.6. The molecule has 0 fully saturated rings. The summed E-state index contributed by atoms with van der Waals surface area (Å²) in [7, 11) is 0. The van der Waals surface area contributed by atoms with Crippen molar-refractivity contribution in [2.24, 2.45) is 0 Å². The molecule has 0 spiro atoms. The van der Waals surface area contributed by atoms with Gasteiger partial charge in [-0.25, -0.2) is 0 Å². The number of hydrogen-bond acceptors (Lipinski definition) is 1. The van der Waals surface area contributed by atoms with Gasteiger partial charge in [0.05, 0.1) is 0 Å². The summed E-state index contributed by atoms with van der Waals surface area (Å²) >= 11 is 0. The van der Waals surface area contributed by atoms with Crippen LogP contribution in [0.25, 0.3) is 0 Å². The van der Waals surface area contributed by atoms with Gasteiger partial charge in [-0.15, -0.1) is 0 Å². The lowest BCUT2D eigenvalue weighted by Crippen LogP contribution is -2.27. The van der Waals surface area contributed by atoms with Crippen LogP contribution < -0.4 is 5.32 Å². The topological polar surface area (TPSA) is 12.0 Å². The molecule has 0 atom stereocenters. The van der Waals surface area contributed by atoms with E-state index in [1.54, 1.807) is 0 Å². The largest absolute Gasteiger partial charge is 0.405 e. The van der Waals surface area contributed by atoms with Gasteiger partial charge in [-0.1, -0.05) is 19.9 Å². The average molecular weight is 167 g/mol. The molecule has 11 heavy (non-hydrogen) atoms. The van der Waals surface area contributed by atoms with E-state index in [0.29, 0.717) is 12.1 Å². The van der Waals surface area contributed by atoms with Gasteiger partial charge in [0.2, 0.25) is 0 Å². The van der Waals surface area contributed by atoms with Gasteiger partial charge in [-0.2, -0.15) is 13.2 Å². The third kappa shape index (κ3) is 7.22. The molecule has 0 aliphatic heterocycles. The third-order valence-corrected chi connectivity index (χ3v) is 1.09. The molecule has 0 aromatic carbocycles. The second-order valence-electron chi connectivity index (χ2n) is 2.32. The van der Waals surface area contributed by atoms with Crippen molar-refractivity contribution in [3.8, 4) is 0 Å². The number of hydrogen-bond donors (Lipinski definition) is 1. The highest BCUT2D eigenvalue weighted by atomic mass is 19.4. The van der Waals surface area contributed by atoms with Gasteiger partial charge in [0.1, 0.15) is 6.54 Å². The number of allylic oxidation sites excluding steroid dienone is 1. The van der Waals surface area contributed by atoms with Gasteiger partial charge in [0, 0.05) is 5.70 Å². The van der Waals surface area contributed by atoms with Crippen molar-refractivity contribution in [3.05, 3.63) is 12.3 Å². The van der Waals surface area contributed by atoms with E-state index in [2.05, 4.69) is 11.9 Å². The Hall–Kier alpha value is -0.670. The van der Waals surface area contributed by atoms with Crippen molar-refractivity contribution < 1.29 is 13.2 Å². The Bertz CT molecular complexity index is 128. The number of rotatable bonds is 4. The number of alkyl halides is 3. The number of nitrogens with one attached hydrogen (secondary N) is 1. The lowest BCUT2D eigenvalue weighted by Gasteiger charge is -2.10. The Morgan fingerprint density at radius 1 is 1.45 bits per heavy atom. The van der Waals surface area contributed by atoms with Crippen LogP contribution in [0.2, 0.25) is 0 Å². The minimum absolute atomic E-state index is 0.449. The molecule has 0 aliphatic rings. The van der Waals surface area contributed by atoms with Gasteiger partial charge >= 0.3 is 6.18 Å². The van der Waals surface area contributed by atoms with Crippen LogP contribution >= 0.6 is 0 Å². The molecule has 0 saturated heterocycles. The fraction of sp³-hybridized carbons (Fsp3) is 0.714. The zero-order valence-corrected chi connectivity index (χ0v) is 6.46. The summed E-state index contributed by atoms with van der Waals surface area (Å²) in [6.07, 6.45) is -2.74. The molecule has 1 N–H and O–H groups in total. The maximum absolute atomic E-state index is 11.6. The quantitative estimate of drug-likeness (QED) is 0.678. The van der Waals surface area contributed by atoms with Gasteiger partial charge in [0.15, 0.2) is 0 Å². The van der Waals surface area contributed by atoms with Crippen LogP contribution in [-0.2, 0) is 0 Å². The molecule has 0 heterocycles. The van der Waals surface area contributed by atoms with E-state index in [1.165, 1.54) is 0 Å². The smallest absolute Gasteiger partial charge is 0.380 e. The molecule has 0 bridgehead atoms. The molecule has 0 aromatic heterocycles. The third-order valence-electron chi connectivity index (χ3n) is 1.09. The zero-order chi connectivity index (χ0) is 8.91. The van der Waals surface area contributed by atoms with Crippen LogP contribution in [0.5, 0.6) is 0 Å². The molecule has 0 unspecified atom stereocenters. The minimum atomic E-state index is -4.14. The fourth-order valence-corrected chi connectivity index (χ4v) is 0.615. The van der Waals surface area contributed by atoms with Crippen LogP contribution in [0.4, 0.5) is 13.2 Å². The minimum Gasteiger partial charge on any atom is -0.380 e. The second kappa shape index (κ2) is 4.26. The first kappa shape index (κ1) is 10.3. The highest BCUT2D eigenvalue weighted by molar-refractivity contribution is 4.90. The Morgan fingerprint density at radius 3 is 2.36 bits per heavy atom. The molecule has 66 valence electrons. The molecule has 0 saturated carbocycles. The van der Waals surface area contributed by atoms with E-state index in [1.807, 2.05) is 6.92 Å². The predicted molar refractivity (Wildman–Crippen MR) is 38.1 cm³/mol. The fourth-order valence-electron chi connectivity index (χ4n) is 0.615. The first-order valence-corrected chi connectivity index (χ1v) is 3.44. The van der Waals surface area contributed by atoms with E-state index < -0.39 is 12.7 Å². The van der Waals surface area contributed by atoms with Crippen LogP contribution in [0.1, 0.15) is 19.8 Å². The van der Waals surface area contributed by atoms with Gasteiger partial charge in [-0.3, -0.25) is 0 Å². The summed E-state index contributed by atoms with van der Waals surface area (Å²) in [4.78, 5) is 0. The van der Waals surface area contributed by atoms with Gasteiger partial charge < -0.3 is 5.32 Å². The van der Waals surface area contributed by atoms with Gasteiger partial charge in [0.25, 0.3) is 0 Å². The molecule has 1 nitrogen and oxygen atoms in total. The molecular formula is C7H12F3N. The molecule has 0 rings (SSSR count). The van der Waals surface area contributed by atoms with Crippen molar-refractivity contribution in [2.45, 2.75) is 25.9 Å². The van der Waals surface area contributed by atoms with Gasteiger partial charge in [-0.05, 0) is 6.42 Å². The number of halogens is 3. The summed E-state index contributed by atoms with van der Waals surface area (Å²) in [6.45, 7) is 4.35. The van der Waals surface area contributed by atoms with E-state index in [9.17, 15) is 13.2 Å². The lowest BCUT2D eigenvalue weighted by molar-refractivity contribution is -0.123. The molecular weight excluding hydrogens is 155 g/mol. The summed E-state index contributed by atoms with van der Waals surface area (Å²) < 4.78 is 34.7. The summed E-state index contributed by atoms with van der Waals surface area (Å²) in [6, 6.07) is 0. The molecule has 0 radical (unpaired) electrons. The zero-order valence-electron chi connectivity index (χ0n) is 6.46. The van der Waals surface area contributed by atoms with E-state index in [0.717, 1.165) is 6.42 Å². The summed E-state index contributed by atoms with van der Waals surface area (Å²) in [5.74, 6) is 0. The standard InChI is InChI=1S/C7H12F3N/c1-3-4-6(2)11-5-7(8,9)10/h11H,2-5H2,1H3. The Balaban J connectivity index is 3.46. The Labute approximate surface area is 64.3 Å². The van der Waals surface area contributed by atoms with E-state index >= 15 is 0 Å². The van der Waals surface area contributed by atoms with Crippen molar-refractivity contribution in [1.29, 1.82) is 0 Å². The van der Waals surface area contributed by atoms with E-state index in [-0.39, 0.29) is 0 Å². The highest BCUT2D eigenvalue weighted by Crippen LogP contribution is 2.13. The Morgan fingerprint density at radius 2 is 2.00 bits per heavy atom. The van der Waals surface area contributed by atoms with Crippen LogP contribution in [-0.4, -0.2) is 12.7 Å². The predicted octanol–water partition coefficient (Wildman–Crippen LogP) is 2.45. The van der Waals surface area contributed by atoms with Crippen molar-refractivity contribution in [3.63, 3.8) is 0 Å². The first-order valence-electron chi connectivity index (χ1n) is 3.44. The Kier molecular flexibility index (Phi) is 4.00. The normalized spacial score (nSPS) is 11.3. The van der Waals surface area contributed by atoms with Crippen molar-refractivity contribution in [1.82, 2.24) is 5.32 Å². The highest BCUT2D eigenvalue weighted by Gasteiger charge is 2.26. The first-order chi connectivity index (χ1) is 4.95. The van der Waals surface area contributed by atoms with Crippen LogP contribution in [0, 0.1) is 0 Å². The van der Waals surface area contributed by atoms with Crippen molar-refractivity contribution in [2.75, 3.05) is 6.54 Å². The molecule has 0 aliphatic carbocycles. The average Bonchev–Trinajstić information content (AvgIpc) is 1.83. The molecule has 0 amide bonds.